The lowest BCUT2D eigenvalue weighted by Crippen LogP contribution is -2.53. The molecule has 0 spiro atoms. The molecule has 18 heavy (non-hydrogen) atoms. The molecule has 1 amide bonds. The van der Waals surface area contributed by atoms with Crippen molar-refractivity contribution >= 4 is 11.6 Å². The van der Waals surface area contributed by atoms with Gasteiger partial charge in [0.15, 0.2) is 0 Å². The molecular formula is C13H18N2O3. The molecule has 2 rings (SSSR count). The zero-order valence-electron chi connectivity index (χ0n) is 10.7. The average molecular weight is 250 g/mol. The fourth-order valence-electron chi connectivity index (χ4n) is 2.12. The number of morpholine rings is 1. The molecule has 0 bridgehead atoms. The Kier molecular flexibility index (Phi) is 3.84. The number of anilines is 1. The van der Waals surface area contributed by atoms with E-state index >= 15 is 0 Å². The molecule has 98 valence electrons. The van der Waals surface area contributed by atoms with Gasteiger partial charge in [0.2, 0.25) is 0 Å². The maximum absolute atomic E-state index is 12.0. The molecule has 1 aliphatic rings. The average Bonchev–Trinajstić information content (AvgIpc) is 2.38. The Morgan fingerprint density at radius 2 is 2.33 bits per heavy atom. The summed E-state index contributed by atoms with van der Waals surface area (Å²) in [7, 11) is 1.59. The van der Waals surface area contributed by atoms with Crippen LogP contribution in [0.2, 0.25) is 0 Å². The van der Waals surface area contributed by atoms with Gasteiger partial charge in [0, 0.05) is 6.54 Å². The first kappa shape index (κ1) is 12.9. The van der Waals surface area contributed by atoms with E-state index in [0.29, 0.717) is 18.9 Å². The van der Waals surface area contributed by atoms with Gasteiger partial charge in [-0.15, -0.1) is 0 Å². The minimum Gasteiger partial charge on any atom is -0.495 e. The molecule has 0 aromatic heterocycles. The van der Waals surface area contributed by atoms with Crippen LogP contribution in [0.5, 0.6) is 5.75 Å². The van der Waals surface area contributed by atoms with Crippen LogP contribution in [-0.2, 0) is 9.53 Å². The van der Waals surface area contributed by atoms with E-state index in [2.05, 4.69) is 0 Å². The van der Waals surface area contributed by atoms with Crippen molar-refractivity contribution in [3.05, 3.63) is 23.8 Å². The van der Waals surface area contributed by atoms with Crippen molar-refractivity contribution in [2.45, 2.75) is 13.0 Å². The molecule has 1 heterocycles. The van der Waals surface area contributed by atoms with Crippen LogP contribution in [-0.4, -0.2) is 38.8 Å². The summed E-state index contributed by atoms with van der Waals surface area (Å²) in [5, 5.41) is 0. The van der Waals surface area contributed by atoms with Gasteiger partial charge in [0.25, 0.3) is 5.91 Å². The van der Waals surface area contributed by atoms with Crippen molar-refractivity contribution < 1.29 is 14.3 Å². The molecule has 5 nitrogen and oxygen atoms in total. The number of ether oxygens (including phenoxy) is 2. The molecule has 1 saturated heterocycles. The van der Waals surface area contributed by atoms with Crippen molar-refractivity contribution in [3.63, 3.8) is 0 Å². The van der Waals surface area contributed by atoms with Gasteiger partial charge in [-0.2, -0.15) is 0 Å². The summed E-state index contributed by atoms with van der Waals surface area (Å²) < 4.78 is 10.5. The van der Waals surface area contributed by atoms with Gasteiger partial charge in [-0.3, -0.25) is 4.79 Å². The van der Waals surface area contributed by atoms with Crippen LogP contribution in [0.15, 0.2) is 18.2 Å². The lowest BCUT2D eigenvalue weighted by atomic mass is 10.1. The summed E-state index contributed by atoms with van der Waals surface area (Å²) >= 11 is 0. The standard InChI is InChI=1S/C13H18N2O3/c1-9-3-4-12(17-2)11(5-9)15-10(6-14)7-18-8-13(15)16/h3-5,10H,6-8,14H2,1-2H3. The number of carbonyl (C=O) groups excluding carboxylic acids is 1. The molecule has 0 saturated carbocycles. The molecule has 1 atom stereocenters. The second kappa shape index (κ2) is 5.37. The number of hydrogen-bond donors (Lipinski definition) is 1. The van der Waals surface area contributed by atoms with Crippen molar-refractivity contribution in [1.29, 1.82) is 0 Å². The predicted octanol–water partition coefficient (Wildman–Crippen LogP) is 0.694. The molecular weight excluding hydrogens is 232 g/mol. The highest BCUT2D eigenvalue weighted by molar-refractivity contribution is 5.97. The van der Waals surface area contributed by atoms with Gasteiger partial charge in [-0.25, -0.2) is 0 Å². The second-order valence-electron chi connectivity index (χ2n) is 4.34. The normalized spacial score (nSPS) is 20.1. The molecule has 1 aliphatic heterocycles. The molecule has 0 aliphatic carbocycles. The van der Waals surface area contributed by atoms with E-state index in [4.69, 9.17) is 15.2 Å². The number of nitrogens with zero attached hydrogens (tertiary/aromatic N) is 1. The minimum atomic E-state index is -0.137. The third-order valence-corrected chi connectivity index (χ3v) is 3.04. The number of amides is 1. The minimum absolute atomic E-state index is 0.0828. The molecule has 0 radical (unpaired) electrons. The van der Waals surface area contributed by atoms with Gasteiger partial charge < -0.3 is 20.1 Å². The van der Waals surface area contributed by atoms with E-state index in [9.17, 15) is 4.79 Å². The molecule has 1 aromatic rings. The topological polar surface area (TPSA) is 64.8 Å². The quantitative estimate of drug-likeness (QED) is 0.857. The fourth-order valence-corrected chi connectivity index (χ4v) is 2.12. The molecule has 1 unspecified atom stereocenters. The Hall–Kier alpha value is -1.59. The predicted molar refractivity (Wildman–Crippen MR) is 68.9 cm³/mol. The number of rotatable bonds is 3. The van der Waals surface area contributed by atoms with Crippen molar-refractivity contribution in [1.82, 2.24) is 0 Å². The maximum Gasteiger partial charge on any atom is 0.253 e. The Bertz CT molecular complexity index is 448. The lowest BCUT2D eigenvalue weighted by Gasteiger charge is -2.35. The van der Waals surface area contributed by atoms with E-state index in [0.717, 1.165) is 11.3 Å². The van der Waals surface area contributed by atoms with Crippen LogP contribution in [0.3, 0.4) is 0 Å². The number of hydrogen-bond acceptors (Lipinski definition) is 4. The summed E-state index contributed by atoms with van der Waals surface area (Å²) in [6, 6.07) is 5.61. The summed E-state index contributed by atoms with van der Waals surface area (Å²) in [6.45, 7) is 2.89. The Balaban J connectivity index is 2.43. The lowest BCUT2D eigenvalue weighted by molar-refractivity contribution is -0.127. The van der Waals surface area contributed by atoms with Gasteiger partial charge >= 0.3 is 0 Å². The first-order chi connectivity index (χ1) is 8.67. The van der Waals surface area contributed by atoms with Crippen LogP contribution >= 0.6 is 0 Å². The highest BCUT2D eigenvalue weighted by atomic mass is 16.5. The van der Waals surface area contributed by atoms with Crippen LogP contribution in [0.4, 0.5) is 5.69 Å². The van der Waals surface area contributed by atoms with Gasteiger partial charge in [0.1, 0.15) is 12.4 Å². The summed E-state index contributed by atoms with van der Waals surface area (Å²) in [4.78, 5) is 13.7. The van der Waals surface area contributed by atoms with Gasteiger partial charge in [-0.05, 0) is 24.6 Å². The number of methoxy groups -OCH3 is 1. The SMILES string of the molecule is COc1ccc(C)cc1N1C(=O)COCC1CN. The number of carbonyl (C=O) groups is 1. The van der Waals surface area contributed by atoms with E-state index in [1.807, 2.05) is 25.1 Å². The molecule has 1 fully saturated rings. The Morgan fingerprint density at radius 3 is 3.00 bits per heavy atom. The van der Waals surface area contributed by atoms with E-state index in [-0.39, 0.29) is 18.6 Å². The first-order valence-electron chi connectivity index (χ1n) is 5.92. The van der Waals surface area contributed by atoms with Crippen LogP contribution < -0.4 is 15.4 Å². The van der Waals surface area contributed by atoms with Crippen molar-refractivity contribution in [2.24, 2.45) is 5.73 Å². The third kappa shape index (κ3) is 2.32. The molecule has 1 aromatic carbocycles. The molecule has 2 N–H and O–H groups in total. The van der Waals surface area contributed by atoms with Crippen LogP contribution in [0, 0.1) is 6.92 Å². The Morgan fingerprint density at radius 1 is 1.56 bits per heavy atom. The van der Waals surface area contributed by atoms with E-state index < -0.39 is 0 Å². The number of nitrogens with two attached hydrogens (primary N) is 1. The van der Waals surface area contributed by atoms with E-state index in [1.54, 1.807) is 12.0 Å². The monoisotopic (exact) mass is 250 g/mol. The maximum atomic E-state index is 12.0. The number of benzene rings is 1. The zero-order valence-corrected chi connectivity index (χ0v) is 10.7. The number of aryl methyl sites for hydroxylation is 1. The highest BCUT2D eigenvalue weighted by Gasteiger charge is 2.30. The summed E-state index contributed by atoms with van der Waals surface area (Å²) in [5.74, 6) is 0.593. The highest BCUT2D eigenvalue weighted by Crippen LogP contribution is 2.31. The van der Waals surface area contributed by atoms with Crippen molar-refractivity contribution in [3.8, 4) is 5.75 Å². The van der Waals surface area contributed by atoms with Gasteiger partial charge in [-0.1, -0.05) is 6.07 Å². The third-order valence-electron chi connectivity index (χ3n) is 3.04. The van der Waals surface area contributed by atoms with Crippen LogP contribution in [0.25, 0.3) is 0 Å². The second-order valence-corrected chi connectivity index (χ2v) is 4.34. The van der Waals surface area contributed by atoms with Crippen molar-refractivity contribution in [2.75, 3.05) is 31.8 Å². The summed E-state index contributed by atoms with van der Waals surface area (Å²) in [5.41, 5.74) is 7.54. The largest absolute Gasteiger partial charge is 0.495 e. The van der Waals surface area contributed by atoms with Crippen LogP contribution in [0.1, 0.15) is 5.56 Å². The van der Waals surface area contributed by atoms with E-state index in [1.165, 1.54) is 0 Å². The zero-order chi connectivity index (χ0) is 13.1. The van der Waals surface area contributed by atoms with Gasteiger partial charge in [0.05, 0.1) is 25.4 Å². The molecule has 5 heteroatoms. The first-order valence-corrected chi connectivity index (χ1v) is 5.92. The Labute approximate surface area is 106 Å². The fraction of sp³-hybridized carbons (Fsp3) is 0.462. The smallest absolute Gasteiger partial charge is 0.253 e. The summed E-state index contributed by atoms with van der Waals surface area (Å²) in [6.07, 6.45) is 0.